The standard InChI is InChI=1S/C14H13ClFNOS/c1-9-6-11(16)3-2-10(9)8-19(18)14-7-12(17)4-5-13(14)15/h2-7H,8,17H2,1H3. The van der Waals surface area contributed by atoms with Gasteiger partial charge in [0, 0.05) is 5.69 Å². The topological polar surface area (TPSA) is 43.1 Å². The molecule has 0 aliphatic rings. The fraction of sp³-hybridized carbons (Fsp3) is 0.143. The molecule has 2 rings (SSSR count). The Morgan fingerprint density at radius 2 is 2.00 bits per heavy atom. The molecule has 2 N–H and O–H groups in total. The Hall–Kier alpha value is -1.39. The second kappa shape index (κ2) is 5.72. The van der Waals surface area contributed by atoms with Crippen molar-refractivity contribution in [1.82, 2.24) is 0 Å². The van der Waals surface area contributed by atoms with Crippen LogP contribution in [0.1, 0.15) is 11.1 Å². The van der Waals surface area contributed by atoms with Crippen LogP contribution in [-0.2, 0) is 16.6 Å². The minimum atomic E-state index is -1.31. The van der Waals surface area contributed by atoms with Gasteiger partial charge in [-0.1, -0.05) is 17.7 Å². The van der Waals surface area contributed by atoms with Gasteiger partial charge in [-0.3, -0.25) is 4.21 Å². The van der Waals surface area contributed by atoms with Crippen molar-refractivity contribution in [3.05, 3.63) is 58.4 Å². The van der Waals surface area contributed by atoms with Gasteiger partial charge in [-0.15, -0.1) is 0 Å². The molecule has 5 heteroatoms. The third kappa shape index (κ3) is 3.33. The van der Waals surface area contributed by atoms with E-state index in [1.807, 2.05) is 0 Å². The molecular formula is C14H13ClFNOS. The summed E-state index contributed by atoms with van der Waals surface area (Å²) in [6, 6.07) is 9.32. The first-order valence-corrected chi connectivity index (χ1v) is 7.35. The Kier molecular flexibility index (Phi) is 4.22. The predicted molar refractivity (Wildman–Crippen MR) is 77.1 cm³/mol. The highest BCUT2D eigenvalue weighted by atomic mass is 35.5. The molecule has 2 nitrogen and oxygen atoms in total. The van der Waals surface area contributed by atoms with Crippen LogP contribution in [-0.4, -0.2) is 4.21 Å². The first-order chi connectivity index (χ1) is 8.97. The second-order valence-corrected chi connectivity index (χ2v) is 6.08. The lowest BCUT2D eigenvalue weighted by Crippen LogP contribution is -2.00. The van der Waals surface area contributed by atoms with Crippen molar-refractivity contribution in [2.75, 3.05) is 5.73 Å². The average molecular weight is 298 g/mol. The number of anilines is 1. The van der Waals surface area contributed by atoms with Crippen molar-refractivity contribution in [1.29, 1.82) is 0 Å². The molecule has 100 valence electrons. The van der Waals surface area contributed by atoms with Crippen LogP contribution in [0.3, 0.4) is 0 Å². The monoisotopic (exact) mass is 297 g/mol. The van der Waals surface area contributed by atoms with Crippen LogP contribution in [0, 0.1) is 12.7 Å². The number of halogens is 2. The summed E-state index contributed by atoms with van der Waals surface area (Å²) in [6.45, 7) is 1.79. The van der Waals surface area contributed by atoms with E-state index in [-0.39, 0.29) is 11.6 Å². The summed E-state index contributed by atoms with van der Waals surface area (Å²) in [7, 11) is -1.31. The number of hydrogen-bond donors (Lipinski definition) is 1. The largest absolute Gasteiger partial charge is 0.399 e. The van der Waals surface area contributed by atoms with Gasteiger partial charge in [-0.05, 0) is 48.4 Å². The lowest BCUT2D eigenvalue weighted by Gasteiger charge is -2.08. The average Bonchev–Trinajstić information content (AvgIpc) is 2.35. The number of nitrogen functional groups attached to an aromatic ring is 1. The molecule has 0 aromatic heterocycles. The van der Waals surface area contributed by atoms with Gasteiger partial charge in [-0.25, -0.2) is 4.39 Å². The van der Waals surface area contributed by atoms with Gasteiger partial charge in [0.1, 0.15) is 5.82 Å². The van der Waals surface area contributed by atoms with Gasteiger partial charge in [0.25, 0.3) is 0 Å². The van der Waals surface area contributed by atoms with Crippen molar-refractivity contribution in [3.8, 4) is 0 Å². The van der Waals surface area contributed by atoms with Gasteiger partial charge in [-0.2, -0.15) is 0 Å². The van der Waals surface area contributed by atoms with Crippen LogP contribution < -0.4 is 5.73 Å². The van der Waals surface area contributed by atoms with E-state index >= 15 is 0 Å². The molecule has 0 saturated heterocycles. The summed E-state index contributed by atoms with van der Waals surface area (Å²) in [5.74, 6) is -0.0102. The number of nitrogens with two attached hydrogens (primary N) is 1. The van der Waals surface area contributed by atoms with Crippen LogP contribution >= 0.6 is 11.6 Å². The third-order valence-electron chi connectivity index (χ3n) is 2.79. The molecule has 1 atom stereocenters. The van der Waals surface area contributed by atoms with Crippen molar-refractivity contribution in [2.24, 2.45) is 0 Å². The molecule has 2 aromatic carbocycles. The summed E-state index contributed by atoms with van der Waals surface area (Å²) in [5.41, 5.74) is 7.79. The van der Waals surface area contributed by atoms with E-state index in [4.69, 9.17) is 17.3 Å². The minimum absolute atomic E-state index is 0.287. The zero-order valence-corrected chi connectivity index (χ0v) is 11.9. The van der Waals surface area contributed by atoms with E-state index in [0.29, 0.717) is 15.6 Å². The Bertz CT molecular complexity index is 645. The first kappa shape index (κ1) is 14.0. The number of benzene rings is 2. The number of aryl methyl sites for hydroxylation is 1. The highest BCUT2D eigenvalue weighted by molar-refractivity contribution is 7.84. The molecule has 0 bridgehead atoms. The maximum absolute atomic E-state index is 13.0. The van der Waals surface area contributed by atoms with Crippen LogP contribution in [0.4, 0.5) is 10.1 Å². The van der Waals surface area contributed by atoms with E-state index in [2.05, 4.69) is 0 Å². The zero-order chi connectivity index (χ0) is 14.0. The van der Waals surface area contributed by atoms with Gasteiger partial charge in [0.05, 0.1) is 26.5 Å². The predicted octanol–water partition coefficient (Wildman–Crippen LogP) is 3.68. The highest BCUT2D eigenvalue weighted by Crippen LogP contribution is 2.25. The first-order valence-electron chi connectivity index (χ1n) is 5.66. The molecule has 0 heterocycles. The molecule has 19 heavy (non-hydrogen) atoms. The molecule has 0 amide bonds. The van der Waals surface area contributed by atoms with Crippen molar-refractivity contribution >= 4 is 28.1 Å². The van der Waals surface area contributed by atoms with Crippen LogP contribution in [0.5, 0.6) is 0 Å². The van der Waals surface area contributed by atoms with E-state index in [0.717, 1.165) is 11.1 Å². The maximum atomic E-state index is 13.0. The molecule has 0 saturated carbocycles. The molecule has 0 spiro atoms. The molecule has 2 aromatic rings. The molecular weight excluding hydrogens is 285 g/mol. The summed E-state index contributed by atoms with van der Waals surface area (Å²) in [4.78, 5) is 0.505. The molecule has 1 unspecified atom stereocenters. The van der Waals surface area contributed by atoms with Crippen molar-refractivity contribution in [2.45, 2.75) is 17.6 Å². The van der Waals surface area contributed by atoms with Crippen molar-refractivity contribution in [3.63, 3.8) is 0 Å². The smallest absolute Gasteiger partial charge is 0.123 e. The quantitative estimate of drug-likeness (QED) is 0.878. The Morgan fingerprint density at radius 1 is 1.26 bits per heavy atom. The van der Waals surface area contributed by atoms with E-state index in [9.17, 15) is 8.60 Å². The molecule has 0 aliphatic carbocycles. The Morgan fingerprint density at radius 3 is 2.68 bits per heavy atom. The van der Waals surface area contributed by atoms with Crippen LogP contribution in [0.2, 0.25) is 5.02 Å². The van der Waals surface area contributed by atoms with Gasteiger partial charge < -0.3 is 5.73 Å². The Balaban J connectivity index is 2.28. The molecule has 0 aliphatic heterocycles. The summed E-state index contributed by atoms with van der Waals surface area (Å²) < 4.78 is 25.3. The zero-order valence-electron chi connectivity index (χ0n) is 10.3. The highest BCUT2D eigenvalue weighted by Gasteiger charge is 2.11. The summed E-state index contributed by atoms with van der Waals surface area (Å²) >= 11 is 6.01. The second-order valence-electron chi connectivity index (χ2n) is 4.25. The Labute approximate surface area is 118 Å². The number of hydrogen-bond acceptors (Lipinski definition) is 2. The van der Waals surface area contributed by atoms with E-state index < -0.39 is 10.8 Å². The number of rotatable bonds is 3. The SMILES string of the molecule is Cc1cc(F)ccc1CS(=O)c1cc(N)ccc1Cl. The lowest BCUT2D eigenvalue weighted by atomic mass is 10.1. The fourth-order valence-electron chi connectivity index (χ4n) is 1.73. The molecule has 0 radical (unpaired) electrons. The van der Waals surface area contributed by atoms with Crippen molar-refractivity contribution < 1.29 is 8.60 Å². The lowest BCUT2D eigenvalue weighted by molar-refractivity contribution is 0.626. The van der Waals surface area contributed by atoms with Gasteiger partial charge >= 0.3 is 0 Å². The third-order valence-corrected chi connectivity index (χ3v) is 4.63. The van der Waals surface area contributed by atoms with E-state index in [1.54, 1.807) is 31.2 Å². The van der Waals surface area contributed by atoms with Gasteiger partial charge in [0.15, 0.2) is 0 Å². The summed E-state index contributed by atoms with van der Waals surface area (Å²) in [5, 5.41) is 0.423. The minimum Gasteiger partial charge on any atom is -0.399 e. The fourth-order valence-corrected chi connectivity index (χ4v) is 3.43. The van der Waals surface area contributed by atoms with Gasteiger partial charge in [0.2, 0.25) is 0 Å². The molecule has 0 fully saturated rings. The van der Waals surface area contributed by atoms with Crippen LogP contribution in [0.25, 0.3) is 0 Å². The van der Waals surface area contributed by atoms with E-state index in [1.165, 1.54) is 12.1 Å². The summed E-state index contributed by atoms with van der Waals surface area (Å²) in [6.07, 6.45) is 0. The van der Waals surface area contributed by atoms with Crippen LogP contribution in [0.15, 0.2) is 41.3 Å². The maximum Gasteiger partial charge on any atom is 0.123 e. The normalized spacial score (nSPS) is 12.4.